The van der Waals surface area contributed by atoms with Crippen molar-refractivity contribution in [3.63, 3.8) is 0 Å². The van der Waals surface area contributed by atoms with Gasteiger partial charge in [-0.3, -0.25) is 4.57 Å². The number of fused-ring (bicyclic) bond motifs is 3. The van der Waals surface area contributed by atoms with Crippen LogP contribution >= 0.6 is 15.9 Å². The van der Waals surface area contributed by atoms with E-state index in [1.165, 1.54) is 0 Å². The summed E-state index contributed by atoms with van der Waals surface area (Å²) >= 11 is 3.48. The maximum atomic E-state index is 8.76. The summed E-state index contributed by atoms with van der Waals surface area (Å²) < 4.78 is 43.0. The molecule has 0 atom stereocenters. The van der Waals surface area contributed by atoms with Gasteiger partial charge in [0.15, 0.2) is 5.75 Å². The maximum Gasteiger partial charge on any atom is 0.152 e. The molecule has 2 aromatic heterocycles. The second kappa shape index (κ2) is 7.54. The molecule has 0 radical (unpaired) electrons. The maximum absolute atomic E-state index is 8.76. The van der Waals surface area contributed by atoms with Crippen LogP contribution in [0.1, 0.15) is 31.8 Å². The Bertz CT molecular complexity index is 1620. The van der Waals surface area contributed by atoms with Crippen LogP contribution in [0, 0.1) is 0 Å². The zero-order valence-corrected chi connectivity index (χ0v) is 19.0. The summed E-state index contributed by atoms with van der Waals surface area (Å²) in [4.78, 5) is 4.63. The van der Waals surface area contributed by atoms with Gasteiger partial charge in [0, 0.05) is 21.4 Å². The van der Waals surface area contributed by atoms with E-state index in [0.29, 0.717) is 39.1 Å². The highest BCUT2D eigenvalue weighted by Gasteiger charge is 2.19. The number of hydrogen-bond donors (Lipinski definition) is 0. The molecule has 0 bridgehead atoms. The summed E-state index contributed by atoms with van der Waals surface area (Å²) in [5, 5.41) is 1.11. The van der Waals surface area contributed by atoms with E-state index in [2.05, 4.69) is 41.7 Å². The first kappa shape index (κ1) is 15.7. The highest BCUT2D eigenvalue weighted by Crippen LogP contribution is 2.39. The molecule has 0 unspecified atom stereocenters. The average Bonchev–Trinajstić information content (AvgIpc) is 3.17. The van der Waals surface area contributed by atoms with Gasteiger partial charge in [-0.15, -0.1) is 0 Å². The monoisotopic (exact) mass is 474 g/mol. The van der Waals surface area contributed by atoms with Gasteiger partial charge in [0.1, 0.15) is 11.6 Å². The molecule has 0 aliphatic heterocycles. The van der Waals surface area contributed by atoms with E-state index < -0.39 is 0 Å². The molecule has 5 rings (SSSR count). The van der Waals surface area contributed by atoms with E-state index >= 15 is 0 Å². The summed E-state index contributed by atoms with van der Waals surface area (Å²) in [6, 6.07) is 16.2. The van der Waals surface area contributed by atoms with E-state index in [0.717, 1.165) is 10.0 Å². The number of para-hydroxylation sites is 2. The predicted molar refractivity (Wildman–Crippen MR) is 131 cm³/mol. The Kier molecular flexibility index (Phi) is 3.81. The molecule has 2 heterocycles. The van der Waals surface area contributed by atoms with E-state index in [9.17, 15) is 0 Å². The molecule has 5 aromatic rings. The quantitative estimate of drug-likeness (QED) is 0.264. The molecule has 0 fully saturated rings. The smallest absolute Gasteiger partial charge is 0.152 e. The molecule has 0 aliphatic rings. The first-order chi connectivity index (χ1) is 16.6. The van der Waals surface area contributed by atoms with Gasteiger partial charge in [-0.25, -0.2) is 4.98 Å². The van der Waals surface area contributed by atoms with Crippen molar-refractivity contribution in [2.45, 2.75) is 26.2 Å². The highest BCUT2D eigenvalue weighted by molar-refractivity contribution is 9.10. The standard InChI is InChI=1S/C27H23BrN2O/c1-27(2,3)18-14-15-29-25(16-18)30-23-12-5-4-10-21(23)22-11-7-13-24(26(22)30)31-20-9-6-8-19(28)17-20/h4-17H,1-3H3/i4D,5D,10D,12D. The van der Waals surface area contributed by atoms with Crippen molar-refractivity contribution in [3.05, 3.63) is 95.0 Å². The topological polar surface area (TPSA) is 27.1 Å². The van der Waals surface area contributed by atoms with E-state index in [4.69, 9.17) is 10.2 Å². The SMILES string of the molecule is [2H]c1c([2H])c([2H])c2c(c1[2H])c1cccc(Oc3cccc(Br)c3)c1n2-c1cc(C(C)(C)C)ccn1. The molecule has 3 nitrogen and oxygen atoms in total. The lowest BCUT2D eigenvalue weighted by Gasteiger charge is -2.20. The first-order valence-electron chi connectivity index (χ1n) is 12.0. The Hall–Kier alpha value is -3.11. The molecule has 154 valence electrons. The number of nitrogens with zero attached hydrogens (tertiary/aromatic N) is 2. The second-order valence-corrected chi connectivity index (χ2v) is 9.34. The molecular formula is C27H23BrN2O. The molecule has 0 amide bonds. The van der Waals surface area contributed by atoms with Crippen LogP contribution in [0.3, 0.4) is 0 Å². The van der Waals surface area contributed by atoms with Crippen LogP contribution in [0.25, 0.3) is 27.6 Å². The molecule has 0 saturated carbocycles. The fourth-order valence-electron chi connectivity index (χ4n) is 3.71. The summed E-state index contributed by atoms with van der Waals surface area (Å²) in [5.74, 6) is 1.71. The minimum absolute atomic E-state index is 0.0867. The van der Waals surface area contributed by atoms with E-state index in [-0.39, 0.29) is 29.6 Å². The summed E-state index contributed by atoms with van der Waals surface area (Å²) in [6.45, 7) is 6.35. The lowest BCUT2D eigenvalue weighted by atomic mass is 9.88. The van der Waals surface area contributed by atoms with Crippen molar-refractivity contribution in [1.29, 1.82) is 0 Å². The number of hydrogen-bond acceptors (Lipinski definition) is 2. The van der Waals surface area contributed by atoms with Crippen molar-refractivity contribution in [2.75, 3.05) is 0 Å². The number of rotatable bonds is 3. The van der Waals surface area contributed by atoms with Crippen molar-refractivity contribution in [1.82, 2.24) is 9.55 Å². The van der Waals surface area contributed by atoms with Gasteiger partial charge in [0.2, 0.25) is 0 Å². The van der Waals surface area contributed by atoms with E-state index in [1.807, 2.05) is 54.6 Å². The van der Waals surface area contributed by atoms with Crippen LogP contribution in [0.2, 0.25) is 0 Å². The first-order valence-corrected chi connectivity index (χ1v) is 10.8. The van der Waals surface area contributed by atoms with Crippen LogP contribution in [0.15, 0.2) is 89.4 Å². The number of pyridine rings is 1. The summed E-state index contributed by atoms with van der Waals surface area (Å²) in [5.41, 5.74) is 1.93. The second-order valence-electron chi connectivity index (χ2n) is 8.42. The Balaban J connectivity index is 1.93. The number of benzene rings is 3. The number of ether oxygens (including phenoxy) is 1. The van der Waals surface area contributed by atoms with Crippen LogP contribution in [0.4, 0.5) is 0 Å². The third-order valence-electron chi connectivity index (χ3n) is 5.25. The minimum Gasteiger partial charge on any atom is -0.455 e. The lowest BCUT2D eigenvalue weighted by molar-refractivity contribution is 0.486. The normalized spacial score (nSPS) is 13.7. The van der Waals surface area contributed by atoms with Crippen LogP contribution in [0.5, 0.6) is 11.5 Å². The Morgan fingerprint density at radius 1 is 0.968 bits per heavy atom. The molecule has 0 spiro atoms. The molecule has 31 heavy (non-hydrogen) atoms. The fourth-order valence-corrected chi connectivity index (χ4v) is 4.09. The molecule has 0 N–H and O–H groups in total. The summed E-state index contributed by atoms with van der Waals surface area (Å²) in [6.07, 6.45) is 1.73. The largest absolute Gasteiger partial charge is 0.455 e. The number of halogens is 1. The van der Waals surface area contributed by atoms with Gasteiger partial charge in [0.05, 0.1) is 16.5 Å². The number of aromatic nitrogens is 2. The minimum atomic E-state index is -0.284. The van der Waals surface area contributed by atoms with Gasteiger partial charge in [0.25, 0.3) is 0 Å². The van der Waals surface area contributed by atoms with Crippen molar-refractivity contribution in [3.8, 4) is 17.3 Å². The average molecular weight is 475 g/mol. The Morgan fingerprint density at radius 3 is 2.58 bits per heavy atom. The Morgan fingerprint density at radius 2 is 1.77 bits per heavy atom. The van der Waals surface area contributed by atoms with E-state index in [1.54, 1.807) is 10.8 Å². The third kappa shape index (κ3) is 3.61. The molecule has 0 aliphatic carbocycles. The van der Waals surface area contributed by atoms with Gasteiger partial charge in [-0.1, -0.05) is 73.0 Å². The van der Waals surface area contributed by atoms with Gasteiger partial charge >= 0.3 is 0 Å². The third-order valence-corrected chi connectivity index (χ3v) is 5.74. The van der Waals surface area contributed by atoms with Gasteiger partial charge < -0.3 is 4.74 Å². The van der Waals surface area contributed by atoms with Crippen LogP contribution in [-0.4, -0.2) is 9.55 Å². The highest BCUT2D eigenvalue weighted by atomic mass is 79.9. The fraction of sp³-hybridized carbons (Fsp3) is 0.148. The van der Waals surface area contributed by atoms with Crippen LogP contribution < -0.4 is 4.74 Å². The Labute approximate surface area is 196 Å². The summed E-state index contributed by atoms with van der Waals surface area (Å²) in [7, 11) is 0. The van der Waals surface area contributed by atoms with Gasteiger partial charge in [-0.05, 0) is 53.4 Å². The zero-order chi connectivity index (χ0) is 25.1. The van der Waals surface area contributed by atoms with Crippen molar-refractivity contribution in [2.24, 2.45) is 0 Å². The molecule has 4 heteroatoms. The van der Waals surface area contributed by atoms with Gasteiger partial charge in [-0.2, -0.15) is 0 Å². The zero-order valence-electron chi connectivity index (χ0n) is 21.5. The van der Waals surface area contributed by atoms with Crippen LogP contribution in [-0.2, 0) is 5.41 Å². The lowest BCUT2D eigenvalue weighted by Crippen LogP contribution is -2.12. The molecule has 0 saturated heterocycles. The van der Waals surface area contributed by atoms with Crippen molar-refractivity contribution < 1.29 is 10.2 Å². The molecular weight excluding hydrogens is 448 g/mol. The molecule has 3 aromatic carbocycles. The predicted octanol–water partition coefficient (Wildman–Crippen LogP) is 8.03. The van der Waals surface area contributed by atoms with Crippen molar-refractivity contribution >= 4 is 37.7 Å².